The summed E-state index contributed by atoms with van der Waals surface area (Å²) < 4.78 is 17.9. The third kappa shape index (κ3) is 7.17. The number of hydrogen-bond acceptors (Lipinski definition) is 8. The molecule has 2 saturated heterocycles. The number of rotatable bonds is 8. The molecule has 4 atom stereocenters. The fourth-order valence-electron chi connectivity index (χ4n) is 6.38. The number of carbonyl (C=O) groups excluding carboxylic acids is 3. The second-order valence-corrected chi connectivity index (χ2v) is 12.3. The molecule has 9 nitrogen and oxygen atoms in total. The molecule has 0 radical (unpaired) electrons. The number of amides is 1. The van der Waals surface area contributed by atoms with Crippen molar-refractivity contribution in [3.05, 3.63) is 106 Å². The summed E-state index contributed by atoms with van der Waals surface area (Å²) in [7, 11) is 0. The van der Waals surface area contributed by atoms with Crippen molar-refractivity contribution in [2.45, 2.75) is 70.7 Å². The summed E-state index contributed by atoms with van der Waals surface area (Å²) in [6.07, 6.45) is 5.55. The molecule has 3 heterocycles. The Morgan fingerprint density at radius 3 is 2.18 bits per heavy atom. The minimum atomic E-state index is -0.740. The molecule has 0 spiro atoms. The van der Waals surface area contributed by atoms with Gasteiger partial charge in [-0.15, -0.1) is 0 Å². The zero-order valence-electron chi connectivity index (χ0n) is 25.6. The maximum atomic E-state index is 12.8. The summed E-state index contributed by atoms with van der Waals surface area (Å²) >= 11 is 0. The Kier molecular flexibility index (Phi) is 9.70. The number of aliphatic hydroxyl groups is 1. The van der Waals surface area contributed by atoms with Crippen LogP contribution in [0.3, 0.4) is 0 Å². The molecule has 3 aliphatic rings. The van der Waals surface area contributed by atoms with Crippen LogP contribution < -0.4 is 5.32 Å². The lowest BCUT2D eigenvalue weighted by Crippen LogP contribution is -2.45. The van der Waals surface area contributed by atoms with Crippen molar-refractivity contribution in [3.8, 4) is 0 Å². The molecule has 4 unspecified atom stereocenters. The van der Waals surface area contributed by atoms with Crippen LogP contribution in [0.15, 0.2) is 66.7 Å². The second-order valence-electron chi connectivity index (χ2n) is 12.3. The van der Waals surface area contributed by atoms with Gasteiger partial charge in [0.25, 0.3) is 5.91 Å². The van der Waals surface area contributed by atoms with E-state index in [2.05, 4.69) is 21.9 Å². The van der Waals surface area contributed by atoms with Gasteiger partial charge >= 0.3 is 11.9 Å². The fraction of sp³-hybridized carbons (Fsp3) is 0.417. The summed E-state index contributed by atoms with van der Waals surface area (Å²) in [5.41, 5.74) is 4.26. The minimum Gasteiger partial charge on any atom is -0.392 e. The van der Waals surface area contributed by atoms with Gasteiger partial charge in [0.05, 0.1) is 29.9 Å². The zero-order valence-corrected chi connectivity index (χ0v) is 25.6. The molecule has 6 rings (SSSR count). The van der Waals surface area contributed by atoms with E-state index in [1.807, 2.05) is 48.5 Å². The van der Waals surface area contributed by atoms with E-state index in [0.29, 0.717) is 0 Å². The van der Waals surface area contributed by atoms with Gasteiger partial charge in [-0.3, -0.25) is 4.79 Å². The minimum absolute atomic E-state index is 0.000438. The van der Waals surface area contributed by atoms with Gasteiger partial charge in [-0.25, -0.2) is 9.59 Å². The zero-order chi connectivity index (χ0) is 31.3. The van der Waals surface area contributed by atoms with Crippen molar-refractivity contribution in [2.75, 3.05) is 19.6 Å². The predicted molar refractivity (Wildman–Crippen MR) is 166 cm³/mol. The lowest BCUT2D eigenvalue weighted by molar-refractivity contribution is -0.276. The number of fused-ring (bicyclic) bond motifs is 1. The van der Waals surface area contributed by atoms with Gasteiger partial charge in [0, 0.05) is 30.1 Å². The van der Waals surface area contributed by atoms with Crippen LogP contribution in [0.4, 0.5) is 0 Å². The van der Waals surface area contributed by atoms with E-state index >= 15 is 0 Å². The number of esters is 2. The van der Waals surface area contributed by atoms with Crippen molar-refractivity contribution in [3.63, 3.8) is 0 Å². The molecule has 236 valence electrons. The number of aliphatic hydroxyl groups excluding tert-OH is 1. The highest BCUT2D eigenvalue weighted by Crippen LogP contribution is 2.42. The number of likely N-dealkylation sites (tertiary alicyclic amines) is 1. The number of benzene rings is 3. The highest BCUT2D eigenvalue weighted by Gasteiger charge is 2.39. The molecule has 0 saturated carbocycles. The van der Waals surface area contributed by atoms with Gasteiger partial charge in [-0.1, -0.05) is 74.7 Å². The fourth-order valence-corrected chi connectivity index (χ4v) is 6.38. The van der Waals surface area contributed by atoms with Crippen LogP contribution in [0.1, 0.15) is 105 Å². The van der Waals surface area contributed by atoms with Crippen molar-refractivity contribution in [1.29, 1.82) is 0 Å². The highest BCUT2D eigenvalue weighted by molar-refractivity contribution is 6.15. The first-order chi connectivity index (χ1) is 21.9. The number of hydrogen-bond donors (Lipinski definition) is 2. The van der Waals surface area contributed by atoms with E-state index in [9.17, 15) is 19.5 Å². The molecule has 3 aromatic rings. The van der Waals surface area contributed by atoms with Gasteiger partial charge in [-0.05, 0) is 60.8 Å². The van der Waals surface area contributed by atoms with E-state index in [0.717, 1.165) is 41.9 Å². The molecule has 0 aliphatic carbocycles. The Bertz CT molecular complexity index is 1510. The summed E-state index contributed by atoms with van der Waals surface area (Å²) in [4.78, 5) is 38.9. The Labute approximate surface area is 263 Å². The van der Waals surface area contributed by atoms with Crippen LogP contribution in [-0.2, 0) is 27.4 Å². The topological polar surface area (TPSA) is 114 Å². The molecular weight excluding hydrogens is 572 g/mol. The van der Waals surface area contributed by atoms with Gasteiger partial charge in [0.2, 0.25) is 0 Å². The van der Waals surface area contributed by atoms with Crippen LogP contribution in [0, 0.1) is 5.92 Å². The van der Waals surface area contributed by atoms with Crippen molar-refractivity contribution in [1.82, 2.24) is 10.2 Å². The van der Waals surface area contributed by atoms with Crippen LogP contribution >= 0.6 is 0 Å². The quantitative estimate of drug-likeness (QED) is 0.254. The largest absolute Gasteiger partial charge is 0.392 e. The molecular formula is C36H40N2O7. The Morgan fingerprint density at radius 2 is 1.47 bits per heavy atom. The molecule has 0 bridgehead atoms. The maximum absolute atomic E-state index is 12.8. The monoisotopic (exact) mass is 612 g/mol. The average Bonchev–Trinajstić information content (AvgIpc) is 3.34. The average molecular weight is 613 g/mol. The molecule has 3 aromatic carbocycles. The van der Waals surface area contributed by atoms with Crippen LogP contribution in [0.25, 0.3) is 0 Å². The van der Waals surface area contributed by atoms with E-state index in [-0.39, 0.29) is 53.9 Å². The number of nitrogens with zero attached hydrogens (tertiary/aromatic N) is 1. The number of nitrogens with one attached hydrogen (secondary N) is 1. The Hall–Kier alpha value is -3.89. The van der Waals surface area contributed by atoms with Gasteiger partial charge in [0.15, 0.2) is 6.29 Å². The lowest BCUT2D eigenvalue weighted by atomic mass is 9.89. The van der Waals surface area contributed by atoms with Gasteiger partial charge in [0.1, 0.15) is 0 Å². The normalized spacial score (nSPS) is 24.0. The molecule has 2 fully saturated rings. The maximum Gasteiger partial charge on any atom is 0.346 e. The predicted octanol–water partition coefficient (Wildman–Crippen LogP) is 5.48. The highest BCUT2D eigenvalue weighted by atomic mass is 16.7. The lowest BCUT2D eigenvalue weighted by Gasteiger charge is -2.43. The van der Waals surface area contributed by atoms with Crippen LogP contribution in [0.2, 0.25) is 0 Å². The van der Waals surface area contributed by atoms with E-state index < -0.39 is 18.2 Å². The number of carbonyl (C=O) groups is 3. The number of cyclic esters (lactones) is 2. The third-order valence-electron chi connectivity index (χ3n) is 9.12. The number of ether oxygens (including phenoxy) is 3. The van der Waals surface area contributed by atoms with Crippen LogP contribution in [-0.4, -0.2) is 53.6 Å². The smallest absolute Gasteiger partial charge is 0.346 e. The molecule has 2 N–H and O–H groups in total. The summed E-state index contributed by atoms with van der Waals surface area (Å²) in [5, 5.41) is 12.4. The van der Waals surface area contributed by atoms with Crippen LogP contribution in [0.5, 0.6) is 0 Å². The summed E-state index contributed by atoms with van der Waals surface area (Å²) in [5.74, 6) is -1.67. The summed E-state index contributed by atoms with van der Waals surface area (Å²) in [6.45, 7) is 5.50. The van der Waals surface area contributed by atoms with E-state index in [1.165, 1.54) is 50.3 Å². The summed E-state index contributed by atoms with van der Waals surface area (Å²) in [6, 6.07) is 20.1. The second kappa shape index (κ2) is 14.0. The Morgan fingerprint density at radius 1 is 0.822 bits per heavy atom. The molecule has 45 heavy (non-hydrogen) atoms. The Balaban J connectivity index is 1.14. The SMILES string of the molecule is CC1C(CN2CCCCCCC2)OC(c2ccc(CNC(=O)c3ccc4c(c3)C(=O)OC4=O)cc2)OC1c1ccc(CO)cc1. The first-order valence-electron chi connectivity index (χ1n) is 15.9. The molecule has 3 aliphatic heterocycles. The first-order valence-corrected chi connectivity index (χ1v) is 15.9. The van der Waals surface area contributed by atoms with Crippen molar-refractivity contribution < 1.29 is 33.7 Å². The van der Waals surface area contributed by atoms with E-state index in [1.54, 1.807) is 0 Å². The van der Waals surface area contributed by atoms with Crippen molar-refractivity contribution >= 4 is 17.8 Å². The van der Waals surface area contributed by atoms with Gasteiger partial charge < -0.3 is 29.5 Å². The first kappa shape index (κ1) is 31.1. The molecule has 1 amide bonds. The standard InChI is InChI=1S/C36H40N2O7/c1-23-31(21-38-17-5-3-2-4-6-18-38)43-36(44-32(23)26-11-9-25(22-39)10-12-26)27-13-7-24(8-14-27)20-37-33(40)28-15-16-29-30(19-28)35(42)45-34(29)41/h7-16,19,23,31-32,36,39H,2-6,17-18,20-22H2,1H3,(H,37,40). The van der Waals surface area contributed by atoms with Gasteiger partial charge in [-0.2, -0.15) is 0 Å². The molecule has 9 heteroatoms. The molecule has 0 aromatic heterocycles. The third-order valence-corrected chi connectivity index (χ3v) is 9.12. The van der Waals surface area contributed by atoms with Crippen molar-refractivity contribution in [2.24, 2.45) is 5.92 Å². The van der Waals surface area contributed by atoms with E-state index in [4.69, 9.17) is 9.47 Å².